The van der Waals surface area contributed by atoms with E-state index in [1.54, 1.807) is 18.2 Å². The minimum absolute atomic E-state index is 0.0197. The Hall–Kier alpha value is -3.02. The number of ether oxygens (including phenoxy) is 2. The monoisotopic (exact) mass is 396 g/mol. The van der Waals surface area contributed by atoms with Crippen LogP contribution in [0.3, 0.4) is 0 Å². The van der Waals surface area contributed by atoms with E-state index in [9.17, 15) is 9.59 Å². The van der Waals surface area contributed by atoms with Crippen molar-refractivity contribution < 1.29 is 19.1 Å². The number of carbonyl (C=O) groups is 2. The Balaban J connectivity index is 1.73. The number of hydrogen-bond acceptors (Lipinski definition) is 4. The number of methoxy groups -OCH3 is 2. The van der Waals surface area contributed by atoms with Crippen LogP contribution in [0.5, 0.6) is 11.5 Å². The van der Waals surface area contributed by atoms with Crippen molar-refractivity contribution in [1.29, 1.82) is 0 Å². The molecule has 1 aliphatic rings. The predicted molar refractivity (Wildman–Crippen MR) is 111 cm³/mol. The Morgan fingerprint density at radius 3 is 2.31 bits per heavy atom. The summed E-state index contributed by atoms with van der Waals surface area (Å²) in [6, 6.07) is 12.4. The maximum absolute atomic E-state index is 13.0. The van der Waals surface area contributed by atoms with Crippen LogP contribution in [-0.4, -0.2) is 32.1 Å². The van der Waals surface area contributed by atoms with Crippen molar-refractivity contribution >= 4 is 11.8 Å². The lowest BCUT2D eigenvalue weighted by Gasteiger charge is -2.24. The van der Waals surface area contributed by atoms with Gasteiger partial charge in [-0.3, -0.25) is 9.59 Å². The average Bonchev–Trinajstić information content (AvgIpc) is 3.13. The SMILES string of the molecule is COc1cc(OC)cc(C(=O)N[C@H](C(=O)N[C@@H]2CCc3ccccc32)C(C)C)c1. The Morgan fingerprint density at radius 1 is 1.03 bits per heavy atom. The molecule has 2 amide bonds. The molecule has 29 heavy (non-hydrogen) atoms. The molecule has 0 aliphatic heterocycles. The molecule has 2 N–H and O–H groups in total. The summed E-state index contributed by atoms with van der Waals surface area (Å²) < 4.78 is 10.5. The van der Waals surface area contributed by atoms with Crippen LogP contribution in [0.15, 0.2) is 42.5 Å². The number of aryl methyl sites for hydroxylation is 1. The van der Waals surface area contributed by atoms with Gasteiger partial charge in [0, 0.05) is 11.6 Å². The predicted octanol–water partition coefficient (Wildman–Crippen LogP) is 3.26. The summed E-state index contributed by atoms with van der Waals surface area (Å²) in [5.74, 6) is 0.445. The Labute approximate surface area is 171 Å². The molecular formula is C23H28N2O4. The van der Waals surface area contributed by atoms with Crippen LogP contribution in [0, 0.1) is 5.92 Å². The van der Waals surface area contributed by atoms with E-state index < -0.39 is 6.04 Å². The number of nitrogens with one attached hydrogen (secondary N) is 2. The number of benzene rings is 2. The molecule has 2 atom stereocenters. The summed E-state index contributed by atoms with van der Waals surface area (Å²) in [7, 11) is 3.06. The summed E-state index contributed by atoms with van der Waals surface area (Å²) in [4.78, 5) is 25.8. The summed E-state index contributed by atoms with van der Waals surface area (Å²) in [6.45, 7) is 3.83. The highest BCUT2D eigenvalue weighted by Gasteiger charge is 2.29. The molecule has 3 rings (SSSR count). The fourth-order valence-corrected chi connectivity index (χ4v) is 3.67. The molecular weight excluding hydrogens is 368 g/mol. The van der Waals surface area contributed by atoms with E-state index in [-0.39, 0.29) is 23.8 Å². The van der Waals surface area contributed by atoms with Gasteiger partial charge in [0.25, 0.3) is 5.91 Å². The zero-order valence-electron chi connectivity index (χ0n) is 17.3. The molecule has 0 fully saturated rings. The van der Waals surface area contributed by atoms with Crippen LogP contribution < -0.4 is 20.1 Å². The molecule has 0 saturated carbocycles. The third-order valence-corrected chi connectivity index (χ3v) is 5.30. The molecule has 0 radical (unpaired) electrons. The number of carbonyl (C=O) groups excluding carboxylic acids is 2. The van der Waals surface area contributed by atoms with Crippen LogP contribution in [0.25, 0.3) is 0 Å². The molecule has 0 heterocycles. The topological polar surface area (TPSA) is 76.7 Å². The Morgan fingerprint density at radius 2 is 1.69 bits per heavy atom. The quantitative estimate of drug-likeness (QED) is 0.753. The van der Waals surface area contributed by atoms with Crippen molar-refractivity contribution in [2.45, 2.75) is 38.8 Å². The van der Waals surface area contributed by atoms with Gasteiger partial charge < -0.3 is 20.1 Å². The normalized spacial score (nSPS) is 16.1. The van der Waals surface area contributed by atoms with E-state index in [0.29, 0.717) is 17.1 Å². The first kappa shape index (κ1) is 20.7. The van der Waals surface area contributed by atoms with E-state index in [2.05, 4.69) is 22.8 Å². The number of fused-ring (bicyclic) bond motifs is 1. The van der Waals surface area contributed by atoms with Gasteiger partial charge in [-0.1, -0.05) is 38.1 Å². The molecule has 0 aromatic heterocycles. The lowest BCUT2D eigenvalue weighted by atomic mass is 10.0. The number of rotatable bonds is 7. The van der Waals surface area contributed by atoms with Crippen molar-refractivity contribution in [3.63, 3.8) is 0 Å². The van der Waals surface area contributed by atoms with Crippen LogP contribution in [0.4, 0.5) is 0 Å². The van der Waals surface area contributed by atoms with E-state index in [1.165, 1.54) is 19.8 Å². The molecule has 154 valence electrons. The van der Waals surface area contributed by atoms with Crippen LogP contribution in [-0.2, 0) is 11.2 Å². The zero-order valence-corrected chi connectivity index (χ0v) is 17.3. The van der Waals surface area contributed by atoms with E-state index in [4.69, 9.17) is 9.47 Å². The van der Waals surface area contributed by atoms with Gasteiger partial charge in [-0.05, 0) is 42.0 Å². The van der Waals surface area contributed by atoms with Gasteiger partial charge in [-0.25, -0.2) is 0 Å². The first-order chi connectivity index (χ1) is 13.9. The van der Waals surface area contributed by atoms with Crippen molar-refractivity contribution in [1.82, 2.24) is 10.6 Å². The minimum atomic E-state index is -0.646. The van der Waals surface area contributed by atoms with Crippen molar-refractivity contribution in [3.8, 4) is 11.5 Å². The maximum Gasteiger partial charge on any atom is 0.252 e. The first-order valence-corrected chi connectivity index (χ1v) is 9.85. The summed E-state index contributed by atoms with van der Waals surface area (Å²) in [5, 5.41) is 5.99. The lowest BCUT2D eigenvalue weighted by Crippen LogP contribution is -2.50. The largest absolute Gasteiger partial charge is 0.497 e. The lowest BCUT2D eigenvalue weighted by molar-refractivity contribution is -0.124. The second-order valence-corrected chi connectivity index (χ2v) is 7.60. The van der Waals surface area contributed by atoms with Gasteiger partial charge >= 0.3 is 0 Å². The van der Waals surface area contributed by atoms with Gasteiger partial charge in [0.05, 0.1) is 20.3 Å². The van der Waals surface area contributed by atoms with Crippen LogP contribution >= 0.6 is 0 Å². The fourth-order valence-electron chi connectivity index (χ4n) is 3.67. The highest BCUT2D eigenvalue weighted by Crippen LogP contribution is 2.31. The summed E-state index contributed by atoms with van der Waals surface area (Å²) >= 11 is 0. The smallest absolute Gasteiger partial charge is 0.252 e. The van der Waals surface area contributed by atoms with Crippen LogP contribution in [0.2, 0.25) is 0 Å². The average molecular weight is 396 g/mol. The number of hydrogen-bond donors (Lipinski definition) is 2. The van der Waals surface area contributed by atoms with E-state index in [0.717, 1.165) is 18.4 Å². The molecule has 0 saturated heterocycles. The van der Waals surface area contributed by atoms with Gasteiger partial charge in [0.2, 0.25) is 5.91 Å². The third-order valence-electron chi connectivity index (χ3n) is 5.30. The van der Waals surface area contributed by atoms with Gasteiger partial charge in [0.15, 0.2) is 0 Å². The van der Waals surface area contributed by atoms with Crippen molar-refractivity contribution in [2.24, 2.45) is 5.92 Å². The molecule has 0 unspecified atom stereocenters. The van der Waals surface area contributed by atoms with Gasteiger partial charge in [-0.2, -0.15) is 0 Å². The van der Waals surface area contributed by atoms with E-state index in [1.807, 2.05) is 26.0 Å². The van der Waals surface area contributed by atoms with Gasteiger partial charge in [-0.15, -0.1) is 0 Å². The standard InChI is InChI=1S/C23H28N2O4/c1-14(2)21(23(27)24-20-10-9-15-7-5-6-8-19(15)20)25-22(26)16-11-17(28-3)13-18(12-16)29-4/h5-8,11-14,20-21H,9-10H2,1-4H3,(H,24,27)(H,25,26)/t20-,21+/m1/s1. The van der Waals surface area contributed by atoms with Gasteiger partial charge in [0.1, 0.15) is 17.5 Å². The molecule has 1 aliphatic carbocycles. The molecule has 0 spiro atoms. The highest BCUT2D eigenvalue weighted by molar-refractivity contribution is 5.98. The molecule has 0 bridgehead atoms. The first-order valence-electron chi connectivity index (χ1n) is 9.85. The Kier molecular flexibility index (Phi) is 6.42. The summed E-state index contributed by atoms with van der Waals surface area (Å²) in [5.41, 5.74) is 2.81. The maximum atomic E-state index is 13.0. The van der Waals surface area contributed by atoms with Crippen LogP contribution in [0.1, 0.15) is 47.8 Å². The second kappa shape index (κ2) is 8.99. The summed E-state index contributed by atoms with van der Waals surface area (Å²) in [6.07, 6.45) is 1.82. The number of amides is 2. The highest BCUT2D eigenvalue weighted by atomic mass is 16.5. The second-order valence-electron chi connectivity index (χ2n) is 7.60. The third kappa shape index (κ3) is 4.70. The molecule has 6 nitrogen and oxygen atoms in total. The Bertz CT molecular complexity index is 872. The van der Waals surface area contributed by atoms with E-state index >= 15 is 0 Å². The van der Waals surface area contributed by atoms with Crippen molar-refractivity contribution in [2.75, 3.05) is 14.2 Å². The minimum Gasteiger partial charge on any atom is -0.497 e. The molecule has 6 heteroatoms. The zero-order chi connectivity index (χ0) is 21.0. The molecule has 2 aromatic rings. The fraction of sp³-hybridized carbons (Fsp3) is 0.391. The molecule has 2 aromatic carbocycles. The van der Waals surface area contributed by atoms with Crippen molar-refractivity contribution in [3.05, 3.63) is 59.2 Å².